The lowest BCUT2D eigenvalue weighted by Crippen LogP contribution is -1.87. The van der Waals surface area contributed by atoms with Crippen molar-refractivity contribution in [3.63, 3.8) is 0 Å². The summed E-state index contributed by atoms with van der Waals surface area (Å²) in [5.41, 5.74) is 1.49. The zero-order chi connectivity index (χ0) is 14.5. The van der Waals surface area contributed by atoms with Crippen molar-refractivity contribution < 1.29 is 13.5 Å². The highest BCUT2D eigenvalue weighted by Crippen LogP contribution is 2.28. The molecule has 4 heteroatoms. The molecule has 104 valence electrons. The Kier molecular flexibility index (Phi) is 4.74. The van der Waals surface area contributed by atoms with Crippen LogP contribution in [0.4, 0.5) is 8.78 Å². The van der Waals surface area contributed by atoms with Crippen LogP contribution in [0.3, 0.4) is 0 Å². The van der Waals surface area contributed by atoms with Gasteiger partial charge in [0.2, 0.25) is 0 Å². The monoisotopic (exact) mass is 294 g/mol. The quantitative estimate of drug-likeness (QED) is 0.681. The average molecular weight is 295 g/mol. The number of methoxy groups -OCH3 is 1. The van der Waals surface area contributed by atoms with Gasteiger partial charge in [0.1, 0.15) is 5.75 Å². The number of ether oxygens (including phenoxy) is 1. The molecule has 0 spiro atoms. The number of halogens is 3. The second-order valence-electron chi connectivity index (χ2n) is 4.19. The summed E-state index contributed by atoms with van der Waals surface area (Å²) in [5.74, 6) is 0.772. The van der Waals surface area contributed by atoms with Gasteiger partial charge < -0.3 is 4.74 Å². The SMILES string of the molecule is COc1ccc(/C=C/c2ccc(Cl)c(C(F)F)c2)cc1. The van der Waals surface area contributed by atoms with Crippen molar-refractivity contribution in [3.05, 3.63) is 64.2 Å². The maximum atomic E-state index is 12.7. The topological polar surface area (TPSA) is 9.23 Å². The summed E-state index contributed by atoms with van der Waals surface area (Å²) in [5, 5.41) is 0.0848. The summed E-state index contributed by atoms with van der Waals surface area (Å²) < 4.78 is 30.5. The Morgan fingerprint density at radius 2 is 1.60 bits per heavy atom. The lowest BCUT2D eigenvalue weighted by molar-refractivity contribution is 0.151. The van der Waals surface area contributed by atoms with E-state index < -0.39 is 6.43 Å². The molecule has 0 saturated carbocycles. The van der Waals surface area contributed by atoms with Crippen molar-refractivity contribution in [2.45, 2.75) is 6.43 Å². The van der Waals surface area contributed by atoms with Gasteiger partial charge in [-0.3, -0.25) is 0 Å². The summed E-state index contributed by atoms with van der Waals surface area (Å²) >= 11 is 5.72. The lowest BCUT2D eigenvalue weighted by Gasteiger charge is -2.04. The van der Waals surface area contributed by atoms with Gasteiger partial charge in [0.05, 0.1) is 7.11 Å². The molecule has 2 rings (SSSR count). The Hall–Kier alpha value is -1.87. The standard InChI is InChI=1S/C16H13ClF2O/c1-20-13-7-4-11(5-8-13)2-3-12-6-9-15(17)14(10-12)16(18)19/h2-10,16H,1H3/b3-2+. The second-order valence-corrected chi connectivity index (χ2v) is 4.60. The third-order valence-electron chi connectivity index (χ3n) is 2.84. The first-order chi connectivity index (χ1) is 9.60. The summed E-state index contributed by atoms with van der Waals surface area (Å²) in [4.78, 5) is 0. The summed E-state index contributed by atoms with van der Waals surface area (Å²) in [6, 6.07) is 12.0. The Bertz CT molecular complexity index is 606. The number of alkyl halides is 2. The molecule has 0 aliphatic rings. The fourth-order valence-corrected chi connectivity index (χ4v) is 1.94. The number of rotatable bonds is 4. The van der Waals surface area contributed by atoms with E-state index in [0.717, 1.165) is 11.3 Å². The maximum Gasteiger partial charge on any atom is 0.265 e. The molecule has 0 radical (unpaired) electrons. The van der Waals surface area contributed by atoms with E-state index in [2.05, 4.69) is 0 Å². The predicted molar refractivity (Wildman–Crippen MR) is 78.3 cm³/mol. The number of hydrogen-bond donors (Lipinski definition) is 0. The highest BCUT2D eigenvalue weighted by Gasteiger charge is 2.11. The van der Waals surface area contributed by atoms with Crippen molar-refractivity contribution in [3.8, 4) is 5.75 Å². The third-order valence-corrected chi connectivity index (χ3v) is 3.18. The van der Waals surface area contributed by atoms with Gasteiger partial charge in [0.15, 0.2) is 0 Å². The van der Waals surface area contributed by atoms with E-state index in [1.165, 1.54) is 12.1 Å². The van der Waals surface area contributed by atoms with E-state index in [4.69, 9.17) is 16.3 Å². The van der Waals surface area contributed by atoms with Crippen LogP contribution in [0.2, 0.25) is 5.02 Å². The van der Waals surface area contributed by atoms with Crippen molar-refractivity contribution in [2.75, 3.05) is 7.11 Å². The normalized spacial score (nSPS) is 11.2. The number of benzene rings is 2. The Labute approximate surface area is 121 Å². The van der Waals surface area contributed by atoms with Gasteiger partial charge in [0.25, 0.3) is 6.43 Å². The molecule has 0 fully saturated rings. The van der Waals surface area contributed by atoms with E-state index in [9.17, 15) is 8.78 Å². The molecule has 0 aromatic heterocycles. The molecule has 0 saturated heterocycles. The smallest absolute Gasteiger partial charge is 0.265 e. The Morgan fingerprint density at radius 1 is 1.00 bits per heavy atom. The lowest BCUT2D eigenvalue weighted by atomic mass is 10.1. The van der Waals surface area contributed by atoms with Crippen molar-refractivity contribution >= 4 is 23.8 Å². The molecule has 20 heavy (non-hydrogen) atoms. The van der Waals surface area contributed by atoms with E-state index in [1.807, 2.05) is 30.3 Å². The number of hydrogen-bond acceptors (Lipinski definition) is 1. The zero-order valence-corrected chi connectivity index (χ0v) is 11.6. The minimum absolute atomic E-state index is 0.0848. The first kappa shape index (κ1) is 14.5. The molecule has 0 heterocycles. The maximum absolute atomic E-state index is 12.7. The molecule has 0 bridgehead atoms. The van der Waals surface area contributed by atoms with E-state index >= 15 is 0 Å². The van der Waals surface area contributed by atoms with Crippen LogP contribution in [0.25, 0.3) is 12.2 Å². The van der Waals surface area contributed by atoms with Gasteiger partial charge in [0, 0.05) is 10.6 Å². The van der Waals surface area contributed by atoms with Gasteiger partial charge in [-0.2, -0.15) is 0 Å². The van der Waals surface area contributed by atoms with Crippen LogP contribution in [0.1, 0.15) is 23.1 Å². The minimum Gasteiger partial charge on any atom is -0.497 e. The van der Waals surface area contributed by atoms with E-state index in [1.54, 1.807) is 19.3 Å². The van der Waals surface area contributed by atoms with Gasteiger partial charge in [-0.25, -0.2) is 8.78 Å². The van der Waals surface area contributed by atoms with Crippen LogP contribution in [0.5, 0.6) is 5.75 Å². The first-order valence-corrected chi connectivity index (χ1v) is 6.37. The fraction of sp³-hybridized carbons (Fsp3) is 0.125. The van der Waals surface area contributed by atoms with Gasteiger partial charge in [-0.1, -0.05) is 42.0 Å². The highest BCUT2D eigenvalue weighted by molar-refractivity contribution is 6.31. The molecule has 0 atom stereocenters. The molecule has 0 amide bonds. The molecular weight excluding hydrogens is 282 g/mol. The predicted octanol–water partition coefficient (Wildman–Crippen LogP) is 5.46. The van der Waals surface area contributed by atoms with Crippen molar-refractivity contribution in [2.24, 2.45) is 0 Å². The Balaban J connectivity index is 2.20. The minimum atomic E-state index is -2.57. The molecule has 0 aliphatic carbocycles. The van der Waals surface area contributed by atoms with Crippen LogP contribution >= 0.6 is 11.6 Å². The van der Waals surface area contributed by atoms with Gasteiger partial charge in [-0.05, 0) is 35.4 Å². The van der Waals surface area contributed by atoms with Crippen LogP contribution in [0, 0.1) is 0 Å². The van der Waals surface area contributed by atoms with E-state index in [-0.39, 0.29) is 10.6 Å². The largest absolute Gasteiger partial charge is 0.497 e. The zero-order valence-electron chi connectivity index (χ0n) is 10.8. The van der Waals surface area contributed by atoms with Crippen molar-refractivity contribution in [1.29, 1.82) is 0 Å². The third kappa shape index (κ3) is 3.58. The van der Waals surface area contributed by atoms with E-state index in [0.29, 0.717) is 5.56 Å². The second kappa shape index (κ2) is 6.53. The highest BCUT2D eigenvalue weighted by atomic mass is 35.5. The molecule has 0 unspecified atom stereocenters. The average Bonchev–Trinajstić information content (AvgIpc) is 2.46. The molecular formula is C16H13ClF2O. The fourth-order valence-electron chi connectivity index (χ4n) is 1.74. The molecule has 0 aliphatic heterocycles. The van der Waals surface area contributed by atoms with Gasteiger partial charge >= 0.3 is 0 Å². The van der Waals surface area contributed by atoms with Crippen LogP contribution in [0.15, 0.2) is 42.5 Å². The first-order valence-electron chi connectivity index (χ1n) is 6.00. The summed E-state index contributed by atoms with van der Waals surface area (Å²) in [6.45, 7) is 0. The molecule has 0 N–H and O–H groups in total. The summed E-state index contributed by atoms with van der Waals surface area (Å²) in [7, 11) is 1.60. The van der Waals surface area contributed by atoms with Crippen LogP contribution in [-0.2, 0) is 0 Å². The van der Waals surface area contributed by atoms with Crippen molar-refractivity contribution in [1.82, 2.24) is 0 Å². The molecule has 2 aromatic carbocycles. The summed E-state index contributed by atoms with van der Waals surface area (Å²) in [6.07, 6.45) is 1.04. The Morgan fingerprint density at radius 3 is 2.20 bits per heavy atom. The van der Waals surface area contributed by atoms with Crippen LogP contribution in [-0.4, -0.2) is 7.11 Å². The van der Waals surface area contributed by atoms with Gasteiger partial charge in [-0.15, -0.1) is 0 Å². The van der Waals surface area contributed by atoms with Crippen LogP contribution < -0.4 is 4.74 Å². The molecule has 2 aromatic rings. The molecule has 1 nitrogen and oxygen atoms in total.